The Labute approximate surface area is 143 Å². The van der Waals surface area contributed by atoms with Crippen LogP contribution in [-0.2, 0) is 14.3 Å². The lowest BCUT2D eigenvalue weighted by atomic mass is 9.98. The zero-order valence-corrected chi connectivity index (χ0v) is 14.5. The normalized spacial score (nSPS) is 28.0. The minimum Gasteiger partial charge on any atom is -0.443 e. The third kappa shape index (κ3) is 5.08. The molecular formula is C17H28N2O4. The van der Waals surface area contributed by atoms with Gasteiger partial charge in [-0.1, -0.05) is 33.2 Å². The molecule has 0 bridgehead atoms. The lowest BCUT2D eigenvalue weighted by Crippen LogP contribution is -2.61. The first-order valence-electron chi connectivity index (χ1n) is 9.77. The van der Waals surface area contributed by atoms with Gasteiger partial charge >= 0.3 is 6.09 Å². The molecule has 0 aliphatic carbocycles. The largest absolute Gasteiger partial charge is 0.443 e. The van der Waals surface area contributed by atoms with Crippen LogP contribution in [-0.4, -0.2) is 34.5 Å². The van der Waals surface area contributed by atoms with Crippen molar-refractivity contribution in [3.8, 4) is 0 Å². The minimum absolute atomic E-state index is 0.402. The highest BCUT2D eigenvalue weighted by Gasteiger charge is 2.44. The molecule has 0 aromatic rings. The van der Waals surface area contributed by atoms with Crippen molar-refractivity contribution in [3.63, 3.8) is 0 Å². The molecule has 0 spiro atoms. The van der Waals surface area contributed by atoms with Gasteiger partial charge in [0, 0.05) is 4.11 Å². The molecule has 1 heterocycles. The van der Waals surface area contributed by atoms with E-state index >= 15 is 0 Å². The first-order chi connectivity index (χ1) is 12.2. The Kier molecular flexibility index (Phi) is 4.50. The summed E-state index contributed by atoms with van der Waals surface area (Å²) in [5.41, 5.74) is -1.42. The molecule has 0 aromatic heterocycles. The van der Waals surface area contributed by atoms with Crippen molar-refractivity contribution in [1.82, 2.24) is 10.2 Å². The molecule has 1 rings (SSSR count). The number of carbonyl (C=O) groups excluding carboxylic acids is 3. The monoisotopic (exact) mass is 328 g/mol. The van der Waals surface area contributed by atoms with Gasteiger partial charge in [0.15, 0.2) is 0 Å². The molecule has 3 amide bonds. The first-order valence-corrected chi connectivity index (χ1v) is 7.54. The zero-order chi connectivity index (χ0) is 21.3. The van der Waals surface area contributed by atoms with E-state index in [0.29, 0.717) is 4.90 Å². The zero-order valence-electron chi connectivity index (χ0n) is 18.5. The lowest BCUT2D eigenvalue weighted by Gasteiger charge is -2.37. The summed E-state index contributed by atoms with van der Waals surface area (Å²) in [6, 6.07) is -1.72. The smallest absolute Gasteiger partial charge is 0.418 e. The number of rotatable bonds is 4. The summed E-state index contributed by atoms with van der Waals surface area (Å²) < 4.78 is 36.6. The molecule has 1 aliphatic rings. The Morgan fingerprint density at radius 1 is 1.48 bits per heavy atom. The van der Waals surface area contributed by atoms with Crippen molar-refractivity contribution in [2.75, 3.05) is 0 Å². The van der Waals surface area contributed by atoms with Gasteiger partial charge in [0.05, 0.1) is 1.37 Å². The number of nitrogens with zero attached hydrogens (tertiary/aromatic N) is 1. The quantitative estimate of drug-likeness (QED) is 0.805. The van der Waals surface area contributed by atoms with Gasteiger partial charge in [0.2, 0.25) is 5.91 Å². The fourth-order valence-electron chi connectivity index (χ4n) is 2.05. The first kappa shape index (κ1) is 13.6. The van der Waals surface area contributed by atoms with Gasteiger partial charge in [-0.25, -0.2) is 9.69 Å². The average Bonchev–Trinajstić information content (AvgIpc) is 2.51. The molecule has 4 atom stereocenters. The van der Waals surface area contributed by atoms with Crippen LogP contribution < -0.4 is 5.32 Å². The molecule has 6 heteroatoms. The summed E-state index contributed by atoms with van der Waals surface area (Å²) in [5.74, 6) is -2.02. The Bertz CT molecular complexity index is 643. The number of allylic oxidation sites excluding steroid dienone is 1. The minimum atomic E-state index is -1.52. The van der Waals surface area contributed by atoms with E-state index in [9.17, 15) is 14.4 Å². The number of imide groups is 1. The molecule has 6 nitrogen and oxygen atoms in total. The van der Waals surface area contributed by atoms with Crippen molar-refractivity contribution in [2.24, 2.45) is 5.92 Å². The number of ether oxygens (including phenoxy) is 1. The van der Waals surface area contributed by atoms with E-state index in [2.05, 4.69) is 5.32 Å². The summed E-state index contributed by atoms with van der Waals surface area (Å²) in [5, 5.41) is 2.31. The van der Waals surface area contributed by atoms with Gasteiger partial charge in [-0.3, -0.25) is 9.59 Å². The summed E-state index contributed by atoms with van der Waals surface area (Å²) in [4.78, 5) is 38.7. The predicted molar refractivity (Wildman–Crippen MR) is 87.5 cm³/mol. The third-order valence-electron chi connectivity index (χ3n) is 2.97. The van der Waals surface area contributed by atoms with Crippen LogP contribution >= 0.6 is 0 Å². The van der Waals surface area contributed by atoms with Crippen LogP contribution in [0.2, 0.25) is 0 Å². The van der Waals surface area contributed by atoms with Crippen LogP contribution in [0, 0.1) is 5.92 Å². The van der Waals surface area contributed by atoms with E-state index in [-0.39, 0.29) is 0 Å². The summed E-state index contributed by atoms with van der Waals surface area (Å²) >= 11 is 0. The van der Waals surface area contributed by atoms with Crippen molar-refractivity contribution >= 4 is 17.9 Å². The molecule has 1 N–H and O–H groups in total. The summed E-state index contributed by atoms with van der Waals surface area (Å²) in [6.07, 6.45) is -4.78. The third-order valence-corrected chi connectivity index (χ3v) is 2.97. The van der Waals surface area contributed by atoms with Crippen LogP contribution in [0.15, 0.2) is 11.7 Å². The van der Waals surface area contributed by atoms with Gasteiger partial charge in [-0.05, 0) is 39.5 Å². The Balaban J connectivity index is 3.37. The van der Waals surface area contributed by atoms with Crippen LogP contribution in [0.25, 0.3) is 0 Å². The van der Waals surface area contributed by atoms with E-state index in [4.69, 9.17) is 10.2 Å². The number of piperazine rings is 1. The summed E-state index contributed by atoms with van der Waals surface area (Å²) in [7, 11) is 0. The maximum Gasteiger partial charge on any atom is 0.418 e. The number of hydrogen-bond donors (Lipinski definition) is 1. The molecule has 0 aromatic carbocycles. The van der Waals surface area contributed by atoms with Crippen LogP contribution in [0.3, 0.4) is 0 Å². The van der Waals surface area contributed by atoms with Gasteiger partial charge in [0.25, 0.3) is 5.91 Å². The number of nitrogens with one attached hydrogen (secondary N) is 1. The highest BCUT2D eigenvalue weighted by atomic mass is 16.6. The second-order valence-corrected chi connectivity index (χ2v) is 6.55. The van der Waals surface area contributed by atoms with Gasteiger partial charge < -0.3 is 10.1 Å². The standard InChI is InChI=1S/C17H28N2O4/c1-7-8-9-10-12-15(21)19(16(22)23-17(4,5)6)13(11(2)3)14(20)18-12/h10-11,13H,7-9H2,1-6H3,(H,18,20)/b12-10-/t13-/m0/s1/i7D,8D,9D,10D/t7?,8?,9?,13-. The van der Waals surface area contributed by atoms with E-state index in [1.165, 1.54) is 6.92 Å². The second-order valence-electron chi connectivity index (χ2n) is 6.55. The highest BCUT2D eigenvalue weighted by Crippen LogP contribution is 2.22. The molecule has 1 fully saturated rings. The van der Waals surface area contributed by atoms with E-state index in [1.807, 2.05) is 0 Å². The lowest BCUT2D eigenvalue weighted by molar-refractivity contribution is -0.143. The maximum atomic E-state index is 12.9. The van der Waals surface area contributed by atoms with Crippen molar-refractivity contribution in [3.05, 3.63) is 11.7 Å². The molecule has 0 radical (unpaired) electrons. The maximum absolute atomic E-state index is 12.9. The second kappa shape index (κ2) is 7.62. The molecule has 0 saturated carbocycles. The average molecular weight is 328 g/mol. The van der Waals surface area contributed by atoms with Crippen molar-refractivity contribution in [1.29, 1.82) is 0 Å². The highest BCUT2D eigenvalue weighted by molar-refractivity contribution is 6.11. The van der Waals surface area contributed by atoms with Gasteiger partial charge in [-0.15, -0.1) is 0 Å². The molecule has 1 saturated heterocycles. The Morgan fingerprint density at radius 2 is 2.09 bits per heavy atom. The van der Waals surface area contributed by atoms with Crippen molar-refractivity contribution in [2.45, 2.75) is 72.4 Å². The van der Waals surface area contributed by atoms with Gasteiger partial charge in [0.1, 0.15) is 17.3 Å². The SMILES string of the molecule is [2H]/C(=C1/NC(=O)[C@H](C(C)C)N(C(=O)OC(C)(C)C)C1=O)C([2H])C([2H])C([2H])C. The van der Waals surface area contributed by atoms with Crippen LogP contribution in [0.1, 0.15) is 66.2 Å². The van der Waals surface area contributed by atoms with Crippen molar-refractivity contribution < 1.29 is 24.6 Å². The summed E-state index contributed by atoms with van der Waals surface area (Å²) in [6.45, 7) is 9.60. The topological polar surface area (TPSA) is 75.7 Å². The molecular weight excluding hydrogens is 296 g/mol. The molecule has 3 unspecified atom stereocenters. The number of carbonyl (C=O) groups is 3. The number of amides is 3. The Morgan fingerprint density at radius 3 is 2.57 bits per heavy atom. The molecule has 23 heavy (non-hydrogen) atoms. The van der Waals surface area contributed by atoms with Crippen LogP contribution in [0.4, 0.5) is 4.79 Å². The molecule has 1 aliphatic heterocycles. The predicted octanol–water partition coefficient (Wildman–Crippen LogP) is 2.98. The fourth-order valence-corrected chi connectivity index (χ4v) is 2.05. The van der Waals surface area contributed by atoms with Gasteiger partial charge in [-0.2, -0.15) is 0 Å². The van der Waals surface area contributed by atoms with E-state index in [1.54, 1.807) is 34.6 Å². The number of hydrogen-bond acceptors (Lipinski definition) is 4. The fraction of sp³-hybridized carbons (Fsp3) is 0.706. The molecule has 130 valence electrons. The Hall–Kier alpha value is -1.85. The van der Waals surface area contributed by atoms with E-state index in [0.717, 1.165) is 0 Å². The van der Waals surface area contributed by atoms with E-state index < -0.39 is 66.4 Å². The van der Waals surface area contributed by atoms with Crippen LogP contribution in [0.5, 0.6) is 0 Å².